The topological polar surface area (TPSA) is 34.4 Å². The molecule has 3 nitrogen and oxygen atoms in total. The standard InChI is InChI=1S/C14H24BrNO2/c1-6-8-16-11(12-10(15)7-9-18-12)13(17-5)14(2,3)4/h7,9,11,13,16H,6,8H2,1-5H3. The van der Waals surface area contributed by atoms with Gasteiger partial charge in [0.1, 0.15) is 5.76 Å². The van der Waals surface area contributed by atoms with Gasteiger partial charge in [0.25, 0.3) is 0 Å². The highest BCUT2D eigenvalue weighted by Crippen LogP contribution is 2.35. The minimum absolute atomic E-state index is 0.0341. The van der Waals surface area contributed by atoms with Crippen LogP contribution >= 0.6 is 15.9 Å². The number of hydrogen-bond donors (Lipinski definition) is 1. The second-order valence-electron chi connectivity index (χ2n) is 5.59. The average molecular weight is 318 g/mol. The molecule has 0 fully saturated rings. The van der Waals surface area contributed by atoms with Crippen molar-refractivity contribution in [3.05, 3.63) is 22.6 Å². The zero-order valence-electron chi connectivity index (χ0n) is 11.9. The predicted molar refractivity (Wildman–Crippen MR) is 77.7 cm³/mol. The summed E-state index contributed by atoms with van der Waals surface area (Å²) in [6.07, 6.45) is 2.83. The summed E-state index contributed by atoms with van der Waals surface area (Å²) in [6.45, 7) is 9.63. The molecule has 0 spiro atoms. The first kappa shape index (κ1) is 15.7. The van der Waals surface area contributed by atoms with Crippen LogP contribution in [0.1, 0.15) is 45.9 Å². The summed E-state index contributed by atoms with van der Waals surface area (Å²) in [4.78, 5) is 0. The first-order chi connectivity index (χ1) is 8.41. The van der Waals surface area contributed by atoms with Crippen molar-refractivity contribution in [3.8, 4) is 0 Å². The van der Waals surface area contributed by atoms with E-state index in [4.69, 9.17) is 9.15 Å². The summed E-state index contributed by atoms with van der Waals surface area (Å²) in [7, 11) is 1.76. The van der Waals surface area contributed by atoms with Gasteiger partial charge in [-0.25, -0.2) is 0 Å². The molecule has 1 N–H and O–H groups in total. The van der Waals surface area contributed by atoms with Gasteiger partial charge in [-0.15, -0.1) is 0 Å². The Balaban J connectivity index is 3.00. The second-order valence-corrected chi connectivity index (χ2v) is 6.44. The maximum absolute atomic E-state index is 5.71. The molecule has 104 valence electrons. The molecule has 2 atom stereocenters. The SMILES string of the molecule is CCCNC(c1occc1Br)C(OC)C(C)(C)C. The lowest BCUT2D eigenvalue weighted by atomic mass is 9.83. The number of halogens is 1. The fourth-order valence-electron chi connectivity index (χ4n) is 2.15. The van der Waals surface area contributed by atoms with E-state index in [-0.39, 0.29) is 17.6 Å². The largest absolute Gasteiger partial charge is 0.466 e. The summed E-state index contributed by atoms with van der Waals surface area (Å²) in [5.74, 6) is 0.908. The number of furan rings is 1. The molecule has 1 aromatic rings. The fourth-order valence-corrected chi connectivity index (χ4v) is 2.60. The lowest BCUT2D eigenvalue weighted by Crippen LogP contribution is -2.41. The maximum atomic E-state index is 5.71. The number of ether oxygens (including phenoxy) is 1. The van der Waals surface area contributed by atoms with Crippen molar-refractivity contribution < 1.29 is 9.15 Å². The highest BCUT2D eigenvalue weighted by Gasteiger charge is 2.35. The number of hydrogen-bond acceptors (Lipinski definition) is 3. The van der Waals surface area contributed by atoms with E-state index in [1.165, 1.54) is 0 Å². The van der Waals surface area contributed by atoms with E-state index in [1.807, 2.05) is 6.07 Å². The number of nitrogens with one attached hydrogen (secondary N) is 1. The van der Waals surface area contributed by atoms with E-state index in [0.717, 1.165) is 23.2 Å². The third-order valence-electron chi connectivity index (χ3n) is 2.95. The van der Waals surface area contributed by atoms with Crippen LogP contribution in [-0.2, 0) is 4.74 Å². The van der Waals surface area contributed by atoms with E-state index in [1.54, 1.807) is 13.4 Å². The molecule has 0 aliphatic carbocycles. The lowest BCUT2D eigenvalue weighted by Gasteiger charge is -2.35. The fraction of sp³-hybridized carbons (Fsp3) is 0.714. The van der Waals surface area contributed by atoms with Gasteiger partial charge in [-0.3, -0.25) is 0 Å². The molecule has 4 heteroatoms. The highest BCUT2D eigenvalue weighted by atomic mass is 79.9. The van der Waals surface area contributed by atoms with Crippen molar-refractivity contribution in [3.63, 3.8) is 0 Å². The van der Waals surface area contributed by atoms with Crippen LogP contribution in [0.2, 0.25) is 0 Å². The van der Waals surface area contributed by atoms with Gasteiger partial charge in [-0.1, -0.05) is 27.7 Å². The van der Waals surface area contributed by atoms with Gasteiger partial charge in [0.2, 0.25) is 0 Å². The minimum atomic E-state index is 0.0341. The normalized spacial score (nSPS) is 15.7. The van der Waals surface area contributed by atoms with Crippen LogP contribution in [0.25, 0.3) is 0 Å². The molecule has 0 aliphatic rings. The zero-order chi connectivity index (χ0) is 13.8. The lowest BCUT2D eigenvalue weighted by molar-refractivity contribution is -0.0171. The molecule has 0 radical (unpaired) electrons. The molecule has 0 amide bonds. The van der Waals surface area contributed by atoms with Crippen LogP contribution in [0.4, 0.5) is 0 Å². The van der Waals surface area contributed by atoms with E-state index >= 15 is 0 Å². The molecule has 0 saturated carbocycles. The van der Waals surface area contributed by atoms with E-state index < -0.39 is 0 Å². The summed E-state index contributed by atoms with van der Waals surface area (Å²) in [5, 5.41) is 3.52. The summed E-state index contributed by atoms with van der Waals surface area (Å²) < 4.78 is 12.3. The van der Waals surface area contributed by atoms with Crippen molar-refractivity contribution in [1.29, 1.82) is 0 Å². The van der Waals surface area contributed by atoms with Crippen LogP contribution in [0.3, 0.4) is 0 Å². The Hall–Kier alpha value is -0.320. The molecule has 1 rings (SSSR count). The maximum Gasteiger partial charge on any atom is 0.137 e. The summed E-state index contributed by atoms with van der Waals surface area (Å²) in [6, 6.07) is 1.98. The second kappa shape index (κ2) is 6.73. The molecule has 0 saturated heterocycles. The predicted octanol–water partition coefficient (Wildman–Crippen LogP) is 4.14. The van der Waals surface area contributed by atoms with Crippen LogP contribution in [0.5, 0.6) is 0 Å². The van der Waals surface area contributed by atoms with Crippen LogP contribution in [0.15, 0.2) is 21.2 Å². The minimum Gasteiger partial charge on any atom is -0.466 e. The number of methoxy groups -OCH3 is 1. The first-order valence-electron chi connectivity index (χ1n) is 6.40. The Morgan fingerprint density at radius 3 is 2.50 bits per heavy atom. The first-order valence-corrected chi connectivity index (χ1v) is 7.20. The average Bonchev–Trinajstić information content (AvgIpc) is 2.68. The van der Waals surface area contributed by atoms with E-state index in [0.29, 0.717) is 0 Å². The van der Waals surface area contributed by atoms with Crippen molar-refractivity contribution in [2.75, 3.05) is 13.7 Å². The zero-order valence-corrected chi connectivity index (χ0v) is 13.5. The molecule has 2 unspecified atom stereocenters. The van der Waals surface area contributed by atoms with Crippen LogP contribution in [-0.4, -0.2) is 19.8 Å². The molecule has 18 heavy (non-hydrogen) atoms. The van der Waals surface area contributed by atoms with Gasteiger partial charge in [-0.2, -0.15) is 0 Å². The Morgan fingerprint density at radius 1 is 1.44 bits per heavy atom. The van der Waals surface area contributed by atoms with Crippen molar-refractivity contribution >= 4 is 15.9 Å². The van der Waals surface area contributed by atoms with Crippen molar-refractivity contribution in [2.24, 2.45) is 5.41 Å². The monoisotopic (exact) mass is 317 g/mol. The molecule has 0 aliphatic heterocycles. The Bertz CT molecular complexity index is 357. The smallest absolute Gasteiger partial charge is 0.137 e. The molecule has 0 aromatic carbocycles. The molecule has 0 bridgehead atoms. The Morgan fingerprint density at radius 2 is 2.11 bits per heavy atom. The third-order valence-corrected chi connectivity index (χ3v) is 3.61. The summed E-state index contributed by atoms with van der Waals surface area (Å²) >= 11 is 3.53. The van der Waals surface area contributed by atoms with E-state index in [2.05, 4.69) is 48.9 Å². The van der Waals surface area contributed by atoms with Gasteiger partial charge >= 0.3 is 0 Å². The Kier molecular flexibility index (Phi) is 5.89. The number of rotatable bonds is 6. The Labute approximate surface area is 118 Å². The van der Waals surface area contributed by atoms with Gasteiger partial charge < -0.3 is 14.5 Å². The summed E-state index contributed by atoms with van der Waals surface area (Å²) in [5.41, 5.74) is 0.0341. The van der Waals surface area contributed by atoms with Crippen LogP contribution in [0, 0.1) is 5.41 Å². The van der Waals surface area contributed by atoms with Gasteiger partial charge in [0, 0.05) is 7.11 Å². The molecular formula is C14H24BrNO2. The van der Waals surface area contributed by atoms with Crippen molar-refractivity contribution in [1.82, 2.24) is 5.32 Å². The molecule has 1 heterocycles. The molecule has 1 aromatic heterocycles. The van der Waals surface area contributed by atoms with Gasteiger partial charge in [-0.05, 0) is 40.4 Å². The van der Waals surface area contributed by atoms with Gasteiger partial charge in [0.15, 0.2) is 0 Å². The van der Waals surface area contributed by atoms with E-state index in [9.17, 15) is 0 Å². The quantitative estimate of drug-likeness (QED) is 0.856. The van der Waals surface area contributed by atoms with Crippen LogP contribution < -0.4 is 5.32 Å². The van der Waals surface area contributed by atoms with Crippen molar-refractivity contribution in [2.45, 2.75) is 46.3 Å². The molecular weight excluding hydrogens is 294 g/mol. The van der Waals surface area contributed by atoms with Gasteiger partial charge in [0.05, 0.1) is 22.9 Å². The highest BCUT2D eigenvalue weighted by molar-refractivity contribution is 9.10. The third kappa shape index (κ3) is 3.84.